The first-order chi connectivity index (χ1) is 13.6. The van der Waals surface area contributed by atoms with Crippen LogP contribution in [0.5, 0.6) is 5.75 Å². The SMILES string of the molecule is O=C(COc1cccc(NC(=O)c2ccco2)c1)NCCC(=O)N1CCCC1. The zero-order valence-electron chi connectivity index (χ0n) is 15.5. The normalized spacial score (nSPS) is 13.2. The van der Waals surface area contributed by atoms with Crippen LogP contribution in [0, 0.1) is 0 Å². The van der Waals surface area contributed by atoms with E-state index in [1.807, 2.05) is 4.90 Å². The average Bonchev–Trinajstić information content (AvgIpc) is 3.40. The number of hydrogen-bond donors (Lipinski definition) is 2. The van der Waals surface area contributed by atoms with Crippen LogP contribution < -0.4 is 15.4 Å². The monoisotopic (exact) mass is 385 g/mol. The van der Waals surface area contributed by atoms with Crippen LogP contribution in [0.3, 0.4) is 0 Å². The van der Waals surface area contributed by atoms with Gasteiger partial charge in [-0.2, -0.15) is 0 Å². The Bertz CT molecular complexity index is 813. The molecule has 0 spiro atoms. The van der Waals surface area contributed by atoms with Crippen molar-refractivity contribution in [1.82, 2.24) is 10.2 Å². The molecule has 148 valence electrons. The van der Waals surface area contributed by atoms with E-state index in [2.05, 4.69) is 10.6 Å². The third kappa shape index (κ3) is 5.60. The highest BCUT2D eigenvalue weighted by atomic mass is 16.5. The lowest BCUT2D eigenvalue weighted by Gasteiger charge is -2.15. The number of rotatable bonds is 8. The summed E-state index contributed by atoms with van der Waals surface area (Å²) in [5, 5.41) is 5.37. The molecule has 0 unspecified atom stereocenters. The third-order valence-electron chi connectivity index (χ3n) is 4.33. The Balaban J connectivity index is 1.39. The van der Waals surface area contributed by atoms with Crippen molar-refractivity contribution in [3.8, 4) is 5.75 Å². The minimum Gasteiger partial charge on any atom is -0.484 e. The van der Waals surface area contributed by atoms with Crippen LogP contribution in [-0.4, -0.2) is 48.9 Å². The molecule has 2 aromatic rings. The first kappa shape index (κ1) is 19.5. The van der Waals surface area contributed by atoms with Gasteiger partial charge in [-0.3, -0.25) is 14.4 Å². The van der Waals surface area contributed by atoms with E-state index in [1.165, 1.54) is 6.26 Å². The molecule has 1 aliphatic rings. The van der Waals surface area contributed by atoms with Gasteiger partial charge in [-0.1, -0.05) is 6.07 Å². The third-order valence-corrected chi connectivity index (χ3v) is 4.33. The number of carbonyl (C=O) groups excluding carboxylic acids is 3. The molecule has 8 heteroatoms. The van der Waals surface area contributed by atoms with Crippen molar-refractivity contribution in [2.75, 3.05) is 31.6 Å². The van der Waals surface area contributed by atoms with E-state index in [-0.39, 0.29) is 36.6 Å². The van der Waals surface area contributed by atoms with Gasteiger partial charge in [0.15, 0.2) is 12.4 Å². The second kappa shape index (κ2) is 9.59. The van der Waals surface area contributed by atoms with E-state index >= 15 is 0 Å². The van der Waals surface area contributed by atoms with Crippen LogP contribution in [0.25, 0.3) is 0 Å². The van der Waals surface area contributed by atoms with Crippen molar-refractivity contribution in [3.05, 3.63) is 48.4 Å². The number of furan rings is 1. The molecule has 8 nitrogen and oxygen atoms in total. The molecule has 1 fully saturated rings. The quantitative estimate of drug-likeness (QED) is 0.724. The molecule has 1 aliphatic heterocycles. The minimum absolute atomic E-state index is 0.0683. The second-order valence-corrected chi connectivity index (χ2v) is 6.44. The predicted octanol–water partition coefficient (Wildman–Crippen LogP) is 2.04. The fraction of sp³-hybridized carbons (Fsp3) is 0.350. The summed E-state index contributed by atoms with van der Waals surface area (Å²) in [6.45, 7) is 1.73. The lowest BCUT2D eigenvalue weighted by atomic mass is 10.3. The Morgan fingerprint density at radius 2 is 1.93 bits per heavy atom. The zero-order chi connectivity index (χ0) is 19.8. The van der Waals surface area contributed by atoms with Crippen LogP contribution in [0.4, 0.5) is 5.69 Å². The molecule has 0 aliphatic carbocycles. The van der Waals surface area contributed by atoms with Gasteiger partial charge in [0.1, 0.15) is 5.75 Å². The number of nitrogens with one attached hydrogen (secondary N) is 2. The smallest absolute Gasteiger partial charge is 0.291 e. The van der Waals surface area contributed by atoms with Crippen molar-refractivity contribution in [2.24, 2.45) is 0 Å². The van der Waals surface area contributed by atoms with E-state index in [1.54, 1.807) is 36.4 Å². The number of ether oxygens (including phenoxy) is 1. The summed E-state index contributed by atoms with van der Waals surface area (Å²) < 4.78 is 10.5. The molecule has 3 amide bonds. The van der Waals surface area contributed by atoms with E-state index in [0.717, 1.165) is 25.9 Å². The van der Waals surface area contributed by atoms with Crippen molar-refractivity contribution in [2.45, 2.75) is 19.3 Å². The molecular formula is C20H23N3O5. The molecule has 3 rings (SSSR count). The summed E-state index contributed by atoms with van der Waals surface area (Å²) in [5.74, 6) is 0.0373. The predicted molar refractivity (Wildman–Crippen MR) is 102 cm³/mol. The van der Waals surface area contributed by atoms with Gasteiger partial charge in [-0.25, -0.2) is 0 Å². The maximum Gasteiger partial charge on any atom is 0.291 e. The largest absolute Gasteiger partial charge is 0.484 e. The van der Waals surface area contributed by atoms with E-state index < -0.39 is 0 Å². The fourth-order valence-electron chi connectivity index (χ4n) is 2.90. The average molecular weight is 385 g/mol. The van der Waals surface area contributed by atoms with Gasteiger partial charge in [-0.15, -0.1) is 0 Å². The van der Waals surface area contributed by atoms with Gasteiger partial charge < -0.3 is 24.7 Å². The molecular weight excluding hydrogens is 362 g/mol. The number of nitrogens with zero attached hydrogens (tertiary/aromatic N) is 1. The summed E-state index contributed by atoms with van der Waals surface area (Å²) in [5.41, 5.74) is 0.524. The Kier molecular flexibility index (Phi) is 6.67. The number of amides is 3. The molecule has 1 aromatic carbocycles. The Hall–Kier alpha value is -3.29. The maximum absolute atomic E-state index is 12.0. The van der Waals surface area contributed by atoms with E-state index in [4.69, 9.17) is 9.15 Å². The van der Waals surface area contributed by atoms with Gasteiger partial charge in [0, 0.05) is 37.8 Å². The van der Waals surface area contributed by atoms with Crippen molar-refractivity contribution in [3.63, 3.8) is 0 Å². The number of benzene rings is 1. The molecule has 0 radical (unpaired) electrons. The molecule has 0 bridgehead atoms. The maximum atomic E-state index is 12.0. The highest BCUT2D eigenvalue weighted by Gasteiger charge is 2.17. The van der Waals surface area contributed by atoms with Crippen molar-refractivity contribution in [1.29, 1.82) is 0 Å². The molecule has 28 heavy (non-hydrogen) atoms. The lowest BCUT2D eigenvalue weighted by molar-refractivity contribution is -0.130. The van der Waals surface area contributed by atoms with Crippen molar-refractivity contribution >= 4 is 23.4 Å². The van der Waals surface area contributed by atoms with Crippen LogP contribution in [0.15, 0.2) is 47.1 Å². The van der Waals surface area contributed by atoms with E-state index in [0.29, 0.717) is 17.9 Å². The Morgan fingerprint density at radius 3 is 2.68 bits per heavy atom. The van der Waals surface area contributed by atoms with Crippen LogP contribution >= 0.6 is 0 Å². The number of likely N-dealkylation sites (tertiary alicyclic amines) is 1. The number of anilines is 1. The highest BCUT2D eigenvalue weighted by molar-refractivity contribution is 6.02. The number of carbonyl (C=O) groups is 3. The number of hydrogen-bond acceptors (Lipinski definition) is 5. The highest BCUT2D eigenvalue weighted by Crippen LogP contribution is 2.18. The van der Waals surface area contributed by atoms with Gasteiger partial charge in [0.2, 0.25) is 5.91 Å². The second-order valence-electron chi connectivity index (χ2n) is 6.44. The Morgan fingerprint density at radius 1 is 1.11 bits per heavy atom. The fourth-order valence-corrected chi connectivity index (χ4v) is 2.90. The molecule has 1 aromatic heterocycles. The van der Waals surface area contributed by atoms with Gasteiger partial charge in [0.25, 0.3) is 11.8 Å². The molecule has 2 heterocycles. The van der Waals surface area contributed by atoms with Gasteiger partial charge in [-0.05, 0) is 37.1 Å². The minimum atomic E-state index is -0.373. The topological polar surface area (TPSA) is 101 Å². The summed E-state index contributed by atoms with van der Waals surface area (Å²) in [4.78, 5) is 37.6. The molecule has 2 N–H and O–H groups in total. The summed E-state index contributed by atoms with van der Waals surface area (Å²) >= 11 is 0. The summed E-state index contributed by atoms with van der Waals surface area (Å²) in [7, 11) is 0. The van der Waals surface area contributed by atoms with Crippen molar-refractivity contribution < 1.29 is 23.5 Å². The zero-order valence-corrected chi connectivity index (χ0v) is 15.5. The van der Waals surface area contributed by atoms with Crippen LogP contribution in [-0.2, 0) is 9.59 Å². The van der Waals surface area contributed by atoms with Crippen LogP contribution in [0.2, 0.25) is 0 Å². The van der Waals surface area contributed by atoms with Crippen LogP contribution in [0.1, 0.15) is 29.8 Å². The lowest BCUT2D eigenvalue weighted by Crippen LogP contribution is -2.34. The Labute approximate surface area is 162 Å². The molecule has 1 saturated heterocycles. The van der Waals surface area contributed by atoms with Gasteiger partial charge in [0.05, 0.1) is 6.26 Å². The summed E-state index contributed by atoms with van der Waals surface area (Å²) in [6, 6.07) is 9.91. The van der Waals surface area contributed by atoms with E-state index in [9.17, 15) is 14.4 Å². The summed E-state index contributed by atoms with van der Waals surface area (Å²) in [6.07, 6.45) is 3.81. The van der Waals surface area contributed by atoms with Gasteiger partial charge >= 0.3 is 0 Å². The molecule has 0 saturated carbocycles. The first-order valence-electron chi connectivity index (χ1n) is 9.24. The molecule has 0 atom stereocenters. The standard InChI is InChI=1S/C20H23N3O5/c24-18(21-9-8-19(25)23-10-1-2-11-23)14-28-16-6-3-5-15(13-16)22-20(26)17-7-4-12-27-17/h3-7,12-13H,1-2,8-11,14H2,(H,21,24)(H,22,26). The first-order valence-corrected chi connectivity index (χ1v) is 9.24.